The number of hydrogen-bond donors (Lipinski definition) is 0. The molecule has 0 aromatic heterocycles. The van der Waals surface area contributed by atoms with Crippen molar-refractivity contribution in [1.82, 2.24) is 0 Å². The van der Waals surface area contributed by atoms with Gasteiger partial charge in [0, 0.05) is 29.3 Å². The van der Waals surface area contributed by atoms with E-state index >= 15 is 0 Å². The Labute approximate surface area is 253 Å². The number of carbonyl (C=O) groups excluding carboxylic acids is 2. The first-order chi connectivity index (χ1) is 21.1. The summed E-state index contributed by atoms with van der Waals surface area (Å²) >= 11 is 0. The van der Waals surface area contributed by atoms with Crippen LogP contribution in [-0.4, -0.2) is 44.9 Å². The van der Waals surface area contributed by atoms with Gasteiger partial charge in [-0.2, -0.15) is 13.2 Å². The van der Waals surface area contributed by atoms with Crippen molar-refractivity contribution in [2.45, 2.75) is 37.8 Å². The van der Waals surface area contributed by atoms with Gasteiger partial charge in [0.2, 0.25) is 0 Å². The number of methoxy groups -OCH3 is 2. The first-order valence-corrected chi connectivity index (χ1v) is 14.2. The second-order valence-electron chi connectivity index (χ2n) is 10.7. The van der Waals surface area contributed by atoms with Gasteiger partial charge in [0.25, 0.3) is 0 Å². The second kappa shape index (κ2) is 13.0. The molecule has 0 amide bonds. The molecular weight excluding hydrogens is 575 g/mol. The van der Waals surface area contributed by atoms with Crippen LogP contribution in [-0.2, 0) is 20.5 Å². The van der Waals surface area contributed by atoms with Crippen LogP contribution in [0.3, 0.4) is 0 Å². The quantitative estimate of drug-likeness (QED) is 0.194. The lowest BCUT2D eigenvalue weighted by Gasteiger charge is -2.36. The first-order valence-electron chi connectivity index (χ1n) is 14.2. The number of benzene rings is 3. The Kier molecular flexibility index (Phi) is 9.08. The molecule has 3 atom stereocenters. The SMILES string of the molecule is COc1ccc([C@H]2CC(=O)C3=C(C2)N=C(C)C(C(=O)OCCOc2ccccc2)[C@H]3c2ccc(C(F)(F)F)cc2)cc1OC. The van der Waals surface area contributed by atoms with Crippen molar-refractivity contribution >= 4 is 17.5 Å². The van der Waals surface area contributed by atoms with Crippen molar-refractivity contribution in [2.75, 3.05) is 27.4 Å². The van der Waals surface area contributed by atoms with Gasteiger partial charge in [0.05, 0.1) is 19.8 Å². The molecule has 3 aromatic rings. The molecule has 0 saturated carbocycles. The average molecular weight is 608 g/mol. The van der Waals surface area contributed by atoms with Crippen molar-refractivity contribution < 1.29 is 41.7 Å². The van der Waals surface area contributed by atoms with E-state index in [1.54, 1.807) is 25.1 Å². The predicted octanol–water partition coefficient (Wildman–Crippen LogP) is 6.92. The number of halogens is 3. The fourth-order valence-electron chi connectivity index (χ4n) is 5.86. The zero-order chi connectivity index (χ0) is 31.4. The third kappa shape index (κ3) is 6.49. The molecule has 44 heavy (non-hydrogen) atoms. The summed E-state index contributed by atoms with van der Waals surface area (Å²) in [6.07, 6.45) is -4.00. The van der Waals surface area contributed by atoms with Gasteiger partial charge in [0.1, 0.15) is 24.9 Å². The number of hydrogen-bond acceptors (Lipinski definition) is 7. The predicted molar refractivity (Wildman–Crippen MR) is 157 cm³/mol. The number of nitrogens with zero attached hydrogens (tertiary/aromatic N) is 1. The zero-order valence-electron chi connectivity index (χ0n) is 24.5. The van der Waals surface area contributed by atoms with Crippen LogP contribution in [0.1, 0.15) is 48.3 Å². The molecule has 1 aliphatic heterocycles. The first kappa shape index (κ1) is 30.8. The molecule has 10 heteroatoms. The smallest absolute Gasteiger partial charge is 0.416 e. The summed E-state index contributed by atoms with van der Waals surface area (Å²) < 4.78 is 62.1. The standard InChI is InChI=1S/C34H32F3NO6/c1-20-30(33(40)44-16-15-43-25-7-5-4-6-8-25)31(21-9-12-24(13-10-21)34(35,36)37)32-26(38-20)17-23(18-27(32)39)22-11-14-28(41-2)29(19-22)42-3/h4-14,19,23,30-31H,15-18H2,1-3H3/t23-,30?,31-/m1/s1. The number of carbonyl (C=O) groups is 2. The largest absolute Gasteiger partial charge is 0.493 e. The maximum Gasteiger partial charge on any atom is 0.416 e. The van der Waals surface area contributed by atoms with Crippen LogP contribution < -0.4 is 14.2 Å². The highest BCUT2D eigenvalue weighted by Crippen LogP contribution is 2.48. The van der Waals surface area contributed by atoms with Gasteiger partial charge in [-0.3, -0.25) is 14.6 Å². The highest BCUT2D eigenvalue weighted by molar-refractivity contribution is 6.09. The highest BCUT2D eigenvalue weighted by atomic mass is 19.4. The molecule has 1 aliphatic carbocycles. The summed E-state index contributed by atoms with van der Waals surface area (Å²) in [6, 6.07) is 19.1. The maximum absolute atomic E-state index is 13.9. The van der Waals surface area contributed by atoms with Crippen molar-refractivity contribution in [3.05, 3.63) is 101 Å². The van der Waals surface area contributed by atoms with Gasteiger partial charge in [-0.15, -0.1) is 0 Å². The number of para-hydroxylation sites is 1. The monoisotopic (exact) mass is 607 g/mol. The molecule has 0 bridgehead atoms. The Morgan fingerprint density at radius 1 is 0.886 bits per heavy atom. The number of alkyl halides is 3. The van der Waals surface area contributed by atoms with Crippen LogP contribution in [0.4, 0.5) is 13.2 Å². The van der Waals surface area contributed by atoms with Gasteiger partial charge >= 0.3 is 12.1 Å². The topological polar surface area (TPSA) is 83.4 Å². The van der Waals surface area contributed by atoms with E-state index in [-0.39, 0.29) is 31.3 Å². The van der Waals surface area contributed by atoms with E-state index in [4.69, 9.17) is 23.9 Å². The number of Topliss-reactive ketones (excluding diaryl/α,β-unsaturated/α-hetero) is 1. The van der Waals surface area contributed by atoms with Crippen LogP contribution in [0.15, 0.2) is 89.1 Å². The third-order valence-corrected chi connectivity index (χ3v) is 7.96. The van der Waals surface area contributed by atoms with Gasteiger partial charge in [0.15, 0.2) is 17.3 Å². The molecule has 230 valence electrons. The summed E-state index contributed by atoms with van der Waals surface area (Å²) in [7, 11) is 3.07. The fraction of sp³-hybridized carbons (Fsp3) is 0.324. The molecule has 0 N–H and O–H groups in total. The lowest BCUT2D eigenvalue weighted by atomic mass is 9.69. The minimum atomic E-state index is -4.53. The lowest BCUT2D eigenvalue weighted by molar-refractivity contribution is -0.147. The van der Waals surface area contributed by atoms with Crippen LogP contribution in [0.25, 0.3) is 0 Å². The lowest BCUT2D eigenvalue weighted by Crippen LogP contribution is -2.38. The minimum absolute atomic E-state index is 0.0571. The van der Waals surface area contributed by atoms with Crippen molar-refractivity contribution in [1.29, 1.82) is 0 Å². The summed E-state index contributed by atoms with van der Waals surface area (Å²) in [5.74, 6) is -1.22. The van der Waals surface area contributed by atoms with E-state index in [9.17, 15) is 22.8 Å². The third-order valence-electron chi connectivity index (χ3n) is 7.96. The van der Waals surface area contributed by atoms with Crippen LogP contribution in [0.5, 0.6) is 17.2 Å². The fourth-order valence-corrected chi connectivity index (χ4v) is 5.86. The molecule has 2 aliphatic rings. The van der Waals surface area contributed by atoms with E-state index in [0.29, 0.717) is 46.2 Å². The van der Waals surface area contributed by atoms with Crippen molar-refractivity contribution in [2.24, 2.45) is 10.9 Å². The summed E-state index contributed by atoms with van der Waals surface area (Å²) in [4.78, 5) is 32.1. The molecule has 7 nitrogen and oxygen atoms in total. The molecule has 1 heterocycles. The number of ether oxygens (including phenoxy) is 4. The van der Waals surface area contributed by atoms with E-state index < -0.39 is 29.5 Å². The number of esters is 1. The Morgan fingerprint density at radius 3 is 2.23 bits per heavy atom. The Hall–Kier alpha value is -4.60. The Morgan fingerprint density at radius 2 is 1.57 bits per heavy atom. The van der Waals surface area contributed by atoms with Crippen LogP contribution >= 0.6 is 0 Å². The van der Waals surface area contributed by atoms with Crippen LogP contribution in [0, 0.1) is 5.92 Å². The summed E-state index contributed by atoms with van der Waals surface area (Å²) in [6.45, 7) is 1.72. The van der Waals surface area contributed by atoms with Crippen molar-refractivity contribution in [3.63, 3.8) is 0 Å². The van der Waals surface area contributed by atoms with Crippen LogP contribution in [0.2, 0.25) is 0 Å². The molecule has 5 rings (SSSR count). The van der Waals surface area contributed by atoms with E-state index in [1.165, 1.54) is 26.4 Å². The average Bonchev–Trinajstić information content (AvgIpc) is 3.02. The normalized spacial score (nSPS) is 20.0. The molecule has 0 fully saturated rings. The highest BCUT2D eigenvalue weighted by Gasteiger charge is 2.45. The molecule has 0 saturated heterocycles. The number of ketones is 1. The Bertz CT molecular complexity index is 1580. The number of aliphatic imine (C=N–C) groups is 1. The van der Waals surface area contributed by atoms with E-state index in [1.807, 2.05) is 30.3 Å². The maximum atomic E-state index is 13.9. The van der Waals surface area contributed by atoms with E-state index in [0.717, 1.165) is 17.7 Å². The molecule has 3 aromatic carbocycles. The summed E-state index contributed by atoms with van der Waals surface area (Å²) in [5, 5.41) is 0. The van der Waals surface area contributed by atoms with Gasteiger partial charge in [-0.05, 0) is 66.8 Å². The zero-order valence-corrected chi connectivity index (χ0v) is 24.5. The number of allylic oxidation sites excluding steroid dienone is 2. The van der Waals surface area contributed by atoms with Gasteiger partial charge in [-0.25, -0.2) is 0 Å². The van der Waals surface area contributed by atoms with E-state index in [2.05, 4.69) is 0 Å². The molecule has 0 spiro atoms. The second-order valence-corrected chi connectivity index (χ2v) is 10.7. The van der Waals surface area contributed by atoms with Gasteiger partial charge in [-0.1, -0.05) is 36.4 Å². The summed E-state index contributed by atoms with van der Waals surface area (Å²) in [5.41, 5.74) is 1.71. The Balaban J connectivity index is 1.45. The molecular formula is C34H32F3NO6. The molecule has 0 radical (unpaired) electrons. The van der Waals surface area contributed by atoms with Crippen molar-refractivity contribution in [3.8, 4) is 17.2 Å². The minimum Gasteiger partial charge on any atom is -0.493 e. The van der Waals surface area contributed by atoms with Gasteiger partial charge < -0.3 is 18.9 Å². The molecule has 1 unspecified atom stereocenters. The number of rotatable bonds is 9.